The van der Waals surface area contributed by atoms with Gasteiger partial charge in [-0.25, -0.2) is 0 Å². The number of carbonyl (C=O) groups is 2. The number of hydrogen-bond donors (Lipinski definition) is 3. The van der Waals surface area contributed by atoms with Crippen LogP contribution in [0.2, 0.25) is 0 Å². The zero-order valence-electron chi connectivity index (χ0n) is 10.3. The number of amides is 2. The van der Waals surface area contributed by atoms with Crippen LogP contribution in [0.25, 0.3) is 0 Å². The van der Waals surface area contributed by atoms with E-state index in [0.717, 1.165) is 0 Å². The van der Waals surface area contributed by atoms with Crippen LogP contribution in [-0.2, 0) is 9.59 Å². The molecule has 1 rings (SSSR count). The number of hydrogen-bond acceptors (Lipinski definition) is 5. The fourth-order valence-corrected chi connectivity index (χ4v) is 1.34. The average molecular weight is 266 g/mol. The molecule has 0 spiro atoms. The first kappa shape index (κ1) is 14.6. The SMILES string of the molecule is Cc1ccc(NC(=O)CNC(=O)CN)c([N+](=O)[O-])c1. The molecule has 1 aromatic carbocycles. The topological polar surface area (TPSA) is 127 Å². The molecule has 0 unspecified atom stereocenters. The minimum atomic E-state index is -0.582. The van der Waals surface area contributed by atoms with E-state index in [-0.39, 0.29) is 24.5 Å². The van der Waals surface area contributed by atoms with Crippen LogP contribution in [-0.4, -0.2) is 29.8 Å². The Morgan fingerprint density at radius 1 is 1.37 bits per heavy atom. The molecule has 0 aliphatic rings. The highest BCUT2D eigenvalue weighted by molar-refractivity contribution is 5.96. The Hall–Kier alpha value is -2.48. The van der Waals surface area contributed by atoms with Crippen molar-refractivity contribution in [1.82, 2.24) is 5.32 Å². The first-order chi connectivity index (χ1) is 8.93. The third-order valence-corrected chi connectivity index (χ3v) is 2.26. The van der Waals surface area contributed by atoms with Gasteiger partial charge in [0.2, 0.25) is 11.8 Å². The molecule has 19 heavy (non-hydrogen) atoms. The van der Waals surface area contributed by atoms with E-state index in [1.165, 1.54) is 12.1 Å². The van der Waals surface area contributed by atoms with E-state index in [4.69, 9.17) is 5.73 Å². The Kier molecular flexibility index (Phi) is 4.95. The van der Waals surface area contributed by atoms with Gasteiger partial charge in [-0.1, -0.05) is 6.07 Å². The molecule has 8 heteroatoms. The number of nitrogens with one attached hydrogen (secondary N) is 2. The second-order valence-electron chi connectivity index (χ2n) is 3.81. The third kappa shape index (κ3) is 4.36. The number of nitro benzene ring substituents is 1. The summed E-state index contributed by atoms with van der Waals surface area (Å²) >= 11 is 0. The van der Waals surface area contributed by atoms with Gasteiger partial charge in [0.15, 0.2) is 0 Å². The lowest BCUT2D eigenvalue weighted by atomic mass is 10.2. The van der Waals surface area contributed by atoms with Gasteiger partial charge in [-0.2, -0.15) is 0 Å². The highest BCUT2D eigenvalue weighted by Gasteiger charge is 2.15. The van der Waals surface area contributed by atoms with Crippen molar-refractivity contribution in [2.75, 3.05) is 18.4 Å². The number of aryl methyl sites for hydroxylation is 1. The minimum Gasteiger partial charge on any atom is -0.346 e. The Labute approximate surface area is 109 Å². The zero-order chi connectivity index (χ0) is 14.4. The molecule has 0 bridgehead atoms. The van der Waals surface area contributed by atoms with Crippen molar-refractivity contribution in [3.05, 3.63) is 33.9 Å². The van der Waals surface area contributed by atoms with E-state index in [2.05, 4.69) is 10.6 Å². The van der Waals surface area contributed by atoms with Gasteiger partial charge in [0.25, 0.3) is 5.69 Å². The fourth-order valence-electron chi connectivity index (χ4n) is 1.34. The van der Waals surface area contributed by atoms with Crippen LogP contribution in [0.3, 0.4) is 0 Å². The fraction of sp³-hybridized carbons (Fsp3) is 0.273. The smallest absolute Gasteiger partial charge is 0.293 e. The predicted molar refractivity (Wildman–Crippen MR) is 68.5 cm³/mol. The van der Waals surface area contributed by atoms with Crippen LogP contribution in [0.1, 0.15) is 5.56 Å². The van der Waals surface area contributed by atoms with Gasteiger partial charge in [0.05, 0.1) is 18.0 Å². The molecule has 0 heterocycles. The molecule has 8 nitrogen and oxygen atoms in total. The van der Waals surface area contributed by atoms with Gasteiger partial charge in [-0.15, -0.1) is 0 Å². The number of nitro groups is 1. The van der Waals surface area contributed by atoms with Crippen molar-refractivity contribution in [1.29, 1.82) is 0 Å². The summed E-state index contributed by atoms with van der Waals surface area (Å²) in [5.74, 6) is -1.04. The highest BCUT2D eigenvalue weighted by atomic mass is 16.6. The van der Waals surface area contributed by atoms with Crippen molar-refractivity contribution in [2.24, 2.45) is 5.73 Å². The second kappa shape index (κ2) is 6.45. The van der Waals surface area contributed by atoms with Crippen molar-refractivity contribution in [2.45, 2.75) is 6.92 Å². The van der Waals surface area contributed by atoms with Crippen LogP contribution in [0.4, 0.5) is 11.4 Å². The second-order valence-corrected chi connectivity index (χ2v) is 3.81. The maximum absolute atomic E-state index is 11.5. The van der Waals surface area contributed by atoms with E-state index in [0.29, 0.717) is 5.56 Å². The number of anilines is 1. The van der Waals surface area contributed by atoms with Crippen LogP contribution >= 0.6 is 0 Å². The average Bonchev–Trinajstić information content (AvgIpc) is 2.37. The molecule has 0 saturated heterocycles. The molecule has 0 aliphatic carbocycles. The Balaban J connectivity index is 2.74. The van der Waals surface area contributed by atoms with Crippen LogP contribution < -0.4 is 16.4 Å². The highest BCUT2D eigenvalue weighted by Crippen LogP contribution is 2.24. The normalized spacial score (nSPS) is 9.79. The minimum absolute atomic E-state index is 0.0857. The van der Waals surface area contributed by atoms with E-state index >= 15 is 0 Å². The number of nitrogens with two attached hydrogens (primary N) is 1. The van der Waals surface area contributed by atoms with Crippen molar-refractivity contribution in [3.8, 4) is 0 Å². The summed E-state index contributed by atoms with van der Waals surface area (Å²) < 4.78 is 0. The molecular weight excluding hydrogens is 252 g/mol. The van der Waals surface area contributed by atoms with E-state index in [1.54, 1.807) is 13.0 Å². The summed E-state index contributed by atoms with van der Waals surface area (Å²) in [5.41, 5.74) is 5.66. The Morgan fingerprint density at radius 3 is 2.63 bits per heavy atom. The van der Waals surface area contributed by atoms with Gasteiger partial charge < -0.3 is 16.4 Å². The molecule has 0 fully saturated rings. The number of nitrogens with zero attached hydrogens (tertiary/aromatic N) is 1. The summed E-state index contributed by atoms with van der Waals surface area (Å²) in [5, 5.41) is 15.5. The third-order valence-electron chi connectivity index (χ3n) is 2.26. The molecule has 0 aromatic heterocycles. The van der Waals surface area contributed by atoms with Crippen LogP contribution in [0, 0.1) is 17.0 Å². The number of rotatable bonds is 5. The summed E-state index contributed by atoms with van der Waals surface area (Å²) in [6.45, 7) is 1.19. The largest absolute Gasteiger partial charge is 0.346 e. The van der Waals surface area contributed by atoms with E-state index in [9.17, 15) is 19.7 Å². The maximum Gasteiger partial charge on any atom is 0.293 e. The van der Waals surface area contributed by atoms with E-state index in [1.807, 2.05) is 0 Å². The molecule has 0 atom stereocenters. The molecule has 0 saturated carbocycles. The maximum atomic E-state index is 11.5. The van der Waals surface area contributed by atoms with Gasteiger partial charge in [0.1, 0.15) is 5.69 Å². The lowest BCUT2D eigenvalue weighted by Gasteiger charge is -2.07. The molecular formula is C11H14N4O4. The lowest BCUT2D eigenvalue weighted by Crippen LogP contribution is -2.36. The van der Waals surface area contributed by atoms with Crippen molar-refractivity contribution < 1.29 is 14.5 Å². The Bertz CT molecular complexity index is 515. The van der Waals surface area contributed by atoms with E-state index < -0.39 is 16.7 Å². The number of benzene rings is 1. The summed E-state index contributed by atoms with van der Waals surface area (Å²) in [6.07, 6.45) is 0. The monoisotopic (exact) mass is 266 g/mol. The number of carbonyl (C=O) groups excluding carboxylic acids is 2. The molecule has 0 radical (unpaired) electrons. The summed E-state index contributed by atoms with van der Waals surface area (Å²) in [6, 6.07) is 4.44. The lowest BCUT2D eigenvalue weighted by molar-refractivity contribution is -0.384. The van der Waals surface area contributed by atoms with Gasteiger partial charge in [0, 0.05) is 6.07 Å². The first-order valence-electron chi connectivity index (χ1n) is 5.45. The van der Waals surface area contributed by atoms with Crippen LogP contribution in [0.15, 0.2) is 18.2 Å². The molecule has 0 aliphatic heterocycles. The Morgan fingerprint density at radius 2 is 2.05 bits per heavy atom. The molecule has 102 valence electrons. The van der Waals surface area contributed by atoms with Crippen molar-refractivity contribution in [3.63, 3.8) is 0 Å². The van der Waals surface area contributed by atoms with Gasteiger partial charge in [-0.05, 0) is 18.6 Å². The molecule has 1 aromatic rings. The van der Waals surface area contributed by atoms with Gasteiger partial charge >= 0.3 is 0 Å². The van der Waals surface area contributed by atoms with Gasteiger partial charge in [-0.3, -0.25) is 19.7 Å². The predicted octanol–water partition coefficient (Wildman–Crippen LogP) is -0.0834. The molecule has 4 N–H and O–H groups in total. The summed E-state index contributed by atoms with van der Waals surface area (Å²) in [7, 11) is 0. The van der Waals surface area contributed by atoms with Crippen molar-refractivity contribution >= 4 is 23.2 Å². The quantitative estimate of drug-likeness (QED) is 0.507. The van der Waals surface area contributed by atoms with Crippen LogP contribution in [0.5, 0.6) is 0 Å². The first-order valence-corrected chi connectivity index (χ1v) is 5.45. The zero-order valence-corrected chi connectivity index (χ0v) is 10.3. The summed E-state index contributed by atoms with van der Waals surface area (Å²) in [4.78, 5) is 32.6. The standard InChI is InChI=1S/C11H14N4O4/c1-7-2-3-8(9(4-7)15(18)19)14-11(17)6-13-10(16)5-12/h2-4H,5-6,12H2,1H3,(H,13,16)(H,14,17). The molecule has 2 amide bonds.